The third-order valence-corrected chi connectivity index (χ3v) is 2.10. The number of hydrogen-bond donors (Lipinski definition) is 1. The van der Waals surface area contributed by atoms with Crippen LogP contribution in [0.2, 0.25) is 0 Å². The van der Waals surface area contributed by atoms with Gasteiger partial charge in [0.15, 0.2) is 6.10 Å². The Hall–Kier alpha value is -1.69. The summed E-state index contributed by atoms with van der Waals surface area (Å²) in [7, 11) is 0. The van der Waals surface area contributed by atoms with Crippen LogP contribution in [-0.4, -0.2) is 10.2 Å². The van der Waals surface area contributed by atoms with Crippen LogP contribution in [0.5, 0.6) is 5.75 Å². The first-order valence-corrected chi connectivity index (χ1v) is 5.03. The van der Waals surface area contributed by atoms with E-state index < -0.39 is 6.10 Å². The molecule has 16 heavy (non-hydrogen) atoms. The summed E-state index contributed by atoms with van der Waals surface area (Å²) in [5, 5.41) is 6.34. The molecule has 6 heteroatoms. The SMILES string of the molecule is C[C@@H](Oc1ccc(F)cc1)c1n[nH]c(=S)o1. The first-order chi connectivity index (χ1) is 7.65. The van der Waals surface area contributed by atoms with Gasteiger partial charge in [-0.1, -0.05) is 0 Å². The summed E-state index contributed by atoms with van der Waals surface area (Å²) in [5.41, 5.74) is 0. The van der Waals surface area contributed by atoms with Gasteiger partial charge in [-0.2, -0.15) is 0 Å². The molecule has 0 radical (unpaired) electrons. The molecule has 0 saturated heterocycles. The molecular formula is C10H9FN2O2S. The minimum atomic E-state index is -0.390. The van der Waals surface area contributed by atoms with E-state index in [1.54, 1.807) is 6.92 Å². The summed E-state index contributed by atoms with van der Waals surface area (Å²) in [4.78, 5) is 0.199. The van der Waals surface area contributed by atoms with Gasteiger partial charge in [0.1, 0.15) is 11.6 Å². The number of aromatic amines is 1. The molecule has 0 saturated carbocycles. The highest BCUT2D eigenvalue weighted by Gasteiger charge is 2.12. The van der Waals surface area contributed by atoms with Crippen LogP contribution in [0.1, 0.15) is 18.9 Å². The molecule has 1 aromatic heterocycles. The van der Waals surface area contributed by atoms with E-state index in [2.05, 4.69) is 10.2 Å². The average molecular weight is 240 g/mol. The Morgan fingerprint density at radius 2 is 2.12 bits per heavy atom. The molecule has 2 rings (SSSR count). The van der Waals surface area contributed by atoms with Crippen LogP contribution < -0.4 is 4.74 Å². The number of aromatic nitrogens is 2. The Labute approximate surface area is 96.1 Å². The van der Waals surface area contributed by atoms with Crippen molar-refractivity contribution in [2.75, 3.05) is 0 Å². The number of rotatable bonds is 3. The smallest absolute Gasteiger partial charge is 0.284 e. The molecule has 0 aliphatic rings. The molecule has 0 amide bonds. The van der Waals surface area contributed by atoms with Crippen LogP contribution in [0, 0.1) is 10.7 Å². The highest BCUT2D eigenvalue weighted by atomic mass is 32.1. The van der Waals surface area contributed by atoms with Crippen molar-refractivity contribution < 1.29 is 13.5 Å². The van der Waals surface area contributed by atoms with Gasteiger partial charge >= 0.3 is 0 Å². The third-order valence-electron chi connectivity index (χ3n) is 1.93. The van der Waals surface area contributed by atoms with Crippen molar-refractivity contribution in [2.45, 2.75) is 13.0 Å². The van der Waals surface area contributed by atoms with Gasteiger partial charge in [0.25, 0.3) is 10.7 Å². The Kier molecular flexibility index (Phi) is 3.00. The predicted octanol–water partition coefficient (Wildman–Crippen LogP) is 3.01. The van der Waals surface area contributed by atoms with Crippen molar-refractivity contribution in [1.29, 1.82) is 0 Å². The fraction of sp³-hybridized carbons (Fsp3) is 0.200. The van der Waals surface area contributed by atoms with E-state index >= 15 is 0 Å². The maximum absolute atomic E-state index is 12.6. The first-order valence-electron chi connectivity index (χ1n) is 4.63. The second kappa shape index (κ2) is 4.44. The van der Waals surface area contributed by atoms with E-state index in [0.717, 1.165) is 0 Å². The average Bonchev–Trinajstić information content (AvgIpc) is 2.68. The van der Waals surface area contributed by atoms with E-state index in [-0.39, 0.29) is 10.7 Å². The van der Waals surface area contributed by atoms with Gasteiger partial charge in [0, 0.05) is 0 Å². The molecule has 1 heterocycles. The van der Waals surface area contributed by atoms with Crippen LogP contribution in [-0.2, 0) is 0 Å². The molecule has 2 aromatic rings. The lowest BCUT2D eigenvalue weighted by atomic mass is 10.3. The number of nitrogens with one attached hydrogen (secondary N) is 1. The lowest BCUT2D eigenvalue weighted by molar-refractivity contribution is 0.187. The maximum atomic E-state index is 12.6. The molecule has 0 spiro atoms. The number of nitrogens with zero attached hydrogens (tertiary/aromatic N) is 1. The van der Waals surface area contributed by atoms with Crippen LogP contribution in [0.4, 0.5) is 4.39 Å². The van der Waals surface area contributed by atoms with Gasteiger partial charge in [0.2, 0.25) is 0 Å². The van der Waals surface area contributed by atoms with Crippen molar-refractivity contribution in [1.82, 2.24) is 10.2 Å². The molecule has 1 aromatic carbocycles. The number of benzene rings is 1. The molecule has 0 fully saturated rings. The number of H-pyrrole nitrogens is 1. The van der Waals surface area contributed by atoms with E-state index in [1.165, 1.54) is 24.3 Å². The maximum Gasteiger partial charge on any atom is 0.284 e. The summed E-state index contributed by atoms with van der Waals surface area (Å²) in [5.74, 6) is 0.588. The van der Waals surface area contributed by atoms with Crippen molar-refractivity contribution in [3.63, 3.8) is 0 Å². The molecule has 1 atom stereocenters. The van der Waals surface area contributed by atoms with Gasteiger partial charge in [-0.3, -0.25) is 0 Å². The van der Waals surface area contributed by atoms with Gasteiger partial charge in [-0.15, -0.1) is 5.10 Å². The van der Waals surface area contributed by atoms with Gasteiger partial charge < -0.3 is 9.15 Å². The molecule has 0 unspecified atom stereocenters. The van der Waals surface area contributed by atoms with Crippen LogP contribution in [0.15, 0.2) is 28.7 Å². The molecule has 1 N–H and O–H groups in total. The van der Waals surface area contributed by atoms with Crippen molar-refractivity contribution in [2.24, 2.45) is 0 Å². The van der Waals surface area contributed by atoms with Gasteiger partial charge in [0.05, 0.1) is 0 Å². The Morgan fingerprint density at radius 3 is 2.69 bits per heavy atom. The normalized spacial score (nSPS) is 12.4. The minimum absolute atomic E-state index is 0.199. The molecule has 4 nitrogen and oxygen atoms in total. The summed E-state index contributed by atoms with van der Waals surface area (Å²) < 4.78 is 23.2. The highest BCUT2D eigenvalue weighted by molar-refractivity contribution is 7.71. The van der Waals surface area contributed by atoms with Crippen LogP contribution in [0.25, 0.3) is 0 Å². The van der Waals surface area contributed by atoms with Crippen molar-refractivity contribution in [3.05, 3.63) is 40.8 Å². The zero-order valence-electron chi connectivity index (χ0n) is 8.44. The summed E-state index contributed by atoms with van der Waals surface area (Å²) in [6.07, 6.45) is -0.390. The van der Waals surface area contributed by atoms with E-state index in [9.17, 15) is 4.39 Å². The summed E-state index contributed by atoms with van der Waals surface area (Å²) in [6.45, 7) is 1.76. The fourth-order valence-electron chi connectivity index (χ4n) is 1.18. The second-order valence-corrected chi connectivity index (χ2v) is 3.54. The van der Waals surface area contributed by atoms with Crippen LogP contribution in [0.3, 0.4) is 0 Å². The van der Waals surface area contributed by atoms with E-state index in [1.807, 2.05) is 0 Å². The number of hydrogen-bond acceptors (Lipinski definition) is 4. The van der Waals surface area contributed by atoms with E-state index in [4.69, 9.17) is 21.4 Å². The lowest BCUT2D eigenvalue weighted by Crippen LogP contribution is -2.03. The molecule has 0 bridgehead atoms. The van der Waals surface area contributed by atoms with Gasteiger partial charge in [-0.05, 0) is 43.4 Å². The largest absolute Gasteiger partial charge is 0.481 e. The Balaban J connectivity index is 2.10. The van der Waals surface area contributed by atoms with Crippen molar-refractivity contribution in [3.8, 4) is 5.75 Å². The molecule has 84 valence electrons. The molecule has 0 aliphatic carbocycles. The second-order valence-electron chi connectivity index (χ2n) is 3.17. The van der Waals surface area contributed by atoms with Crippen LogP contribution >= 0.6 is 12.2 Å². The third kappa shape index (κ3) is 2.46. The highest BCUT2D eigenvalue weighted by Crippen LogP contribution is 2.20. The fourth-order valence-corrected chi connectivity index (χ4v) is 1.31. The van der Waals surface area contributed by atoms with E-state index in [0.29, 0.717) is 11.6 Å². The minimum Gasteiger partial charge on any atom is -0.481 e. The lowest BCUT2D eigenvalue weighted by Gasteiger charge is -2.10. The Bertz CT molecular complexity index is 520. The topological polar surface area (TPSA) is 51.0 Å². The summed E-state index contributed by atoms with van der Waals surface area (Å²) in [6, 6.07) is 5.71. The molecular weight excluding hydrogens is 231 g/mol. The predicted molar refractivity (Wildman–Crippen MR) is 57.1 cm³/mol. The van der Waals surface area contributed by atoms with Crippen molar-refractivity contribution >= 4 is 12.2 Å². The summed E-state index contributed by atoms with van der Waals surface area (Å²) >= 11 is 4.74. The van der Waals surface area contributed by atoms with Gasteiger partial charge in [-0.25, -0.2) is 9.49 Å². The number of ether oxygens (including phenoxy) is 1. The number of halogens is 1. The zero-order valence-corrected chi connectivity index (χ0v) is 9.25. The quantitative estimate of drug-likeness (QED) is 0.838. The first kappa shape index (κ1) is 10.8. The standard InChI is InChI=1S/C10H9FN2O2S/c1-6(9-12-13-10(16)15-9)14-8-4-2-7(11)3-5-8/h2-6H,1H3,(H,13,16)/t6-/m1/s1. The Morgan fingerprint density at radius 1 is 1.44 bits per heavy atom. The monoisotopic (exact) mass is 240 g/mol. The molecule has 0 aliphatic heterocycles. The zero-order chi connectivity index (χ0) is 11.5.